The number of benzene rings is 1. The second-order valence-electron chi connectivity index (χ2n) is 5.88. The van der Waals surface area contributed by atoms with Crippen LogP contribution in [-0.2, 0) is 6.54 Å². The van der Waals surface area contributed by atoms with Crippen LogP contribution in [0.5, 0.6) is 0 Å². The molecule has 0 spiro atoms. The molecule has 3 rings (SSSR count). The molecule has 1 saturated heterocycles. The topological polar surface area (TPSA) is 37.3 Å². The zero-order valence-corrected chi connectivity index (χ0v) is 15.0. The van der Waals surface area contributed by atoms with Gasteiger partial charge in [-0.3, -0.25) is 4.79 Å². The molecular weight excluding hydrogens is 354 g/mol. The molecule has 0 radical (unpaired) electrons. The molecular formula is C18H22BrN3O. The van der Waals surface area contributed by atoms with E-state index in [1.165, 1.54) is 24.9 Å². The number of halogens is 1. The number of aromatic nitrogens is 1. The van der Waals surface area contributed by atoms with E-state index >= 15 is 0 Å². The van der Waals surface area contributed by atoms with Gasteiger partial charge in [-0.15, -0.1) is 0 Å². The Morgan fingerprint density at radius 3 is 2.52 bits per heavy atom. The fourth-order valence-electron chi connectivity index (χ4n) is 3.03. The summed E-state index contributed by atoms with van der Waals surface area (Å²) < 4.78 is 2.85. The third-order valence-corrected chi connectivity index (χ3v) is 4.72. The van der Waals surface area contributed by atoms with Crippen molar-refractivity contribution in [2.45, 2.75) is 32.7 Å². The van der Waals surface area contributed by atoms with E-state index in [0.29, 0.717) is 5.69 Å². The van der Waals surface area contributed by atoms with Crippen LogP contribution in [0.4, 0.5) is 11.4 Å². The molecule has 2 aromatic rings. The van der Waals surface area contributed by atoms with Gasteiger partial charge in [-0.25, -0.2) is 0 Å². The van der Waals surface area contributed by atoms with E-state index in [9.17, 15) is 4.79 Å². The van der Waals surface area contributed by atoms with E-state index in [0.717, 1.165) is 29.8 Å². The number of carbonyl (C=O) groups excluding carboxylic acids is 1. The minimum absolute atomic E-state index is 0.0803. The molecule has 0 bridgehead atoms. The SMILES string of the molecule is CCn1cc(Br)cc1C(=O)Nc1ccc(N2CCCCC2)cc1. The van der Waals surface area contributed by atoms with Crippen LogP contribution in [0.3, 0.4) is 0 Å². The Kier molecular flexibility index (Phi) is 5.06. The molecule has 0 saturated carbocycles. The van der Waals surface area contributed by atoms with Crippen molar-refractivity contribution in [1.29, 1.82) is 0 Å². The molecule has 1 aliphatic heterocycles. The number of rotatable bonds is 4. The highest BCUT2D eigenvalue weighted by atomic mass is 79.9. The number of anilines is 2. The van der Waals surface area contributed by atoms with Crippen molar-refractivity contribution in [1.82, 2.24) is 4.57 Å². The highest BCUT2D eigenvalue weighted by molar-refractivity contribution is 9.10. The lowest BCUT2D eigenvalue weighted by molar-refractivity contribution is 0.101. The first-order valence-electron chi connectivity index (χ1n) is 8.19. The summed E-state index contributed by atoms with van der Waals surface area (Å²) in [6.45, 7) is 5.05. The van der Waals surface area contributed by atoms with E-state index in [1.807, 2.05) is 35.9 Å². The molecule has 1 amide bonds. The minimum Gasteiger partial charge on any atom is -0.372 e. The summed E-state index contributed by atoms with van der Waals surface area (Å²) in [4.78, 5) is 14.8. The maximum atomic E-state index is 12.4. The normalized spacial score (nSPS) is 14.8. The molecule has 23 heavy (non-hydrogen) atoms. The molecule has 1 N–H and O–H groups in total. The van der Waals surface area contributed by atoms with Gasteiger partial charge in [0.2, 0.25) is 0 Å². The molecule has 1 aromatic heterocycles. The van der Waals surface area contributed by atoms with Gasteiger partial charge in [-0.1, -0.05) is 0 Å². The van der Waals surface area contributed by atoms with Gasteiger partial charge in [0.15, 0.2) is 0 Å². The summed E-state index contributed by atoms with van der Waals surface area (Å²) in [5.41, 5.74) is 2.73. The van der Waals surface area contributed by atoms with E-state index in [4.69, 9.17) is 0 Å². The Labute approximate surface area is 145 Å². The summed E-state index contributed by atoms with van der Waals surface area (Å²) >= 11 is 3.42. The van der Waals surface area contributed by atoms with Crippen molar-refractivity contribution in [3.8, 4) is 0 Å². The van der Waals surface area contributed by atoms with E-state index in [2.05, 4.69) is 38.3 Å². The highest BCUT2D eigenvalue weighted by Crippen LogP contribution is 2.22. The molecule has 1 fully saturated rings. The molecule has 0 unspecified atom stereocenters. The first-order chi connectivity index (χ1) is 11.2. The maximum Gasteiger partial charge on any atom is 0.272 e. The summed E-state index contributed by atoms with van der Waals surface area (Å²) in [5.74, 6) is -0.0803. The quantitative estimate of drug-likeness (QED) is 0.852. The molecule has 0 atom stereocenters. The van der Waals surface area contributed by atoms with E-state index < -0.39 is 0 Å². The third kappa shape index (κ3) is 3.78. The zero-order valence-electron chi connectivity index (χ0n) is 13.4. The molecule has 122 valence electrons. The van der Waals surface area contributed by atoms with Gasteiger partial charge in [0.05, 0.1) is 0 Å². The predicted octanol–water partition coefficient (Wildman–Crippen LogP) is 4.51. The van der Waals surface area contributed by atoms with Crippen LogP contribution in [-0.4, -0.2) is 23.6 Å². The lowest BCUT2D eigenvalue weighted by Crippen LogP contribution is -2.29. The van der Waals surface area contributed by atoms with Gasteiger partial charge < -0.3 is 14.8 Å². The van der Waals surface area contributed by atoms with Crippen molar-refractivity contribution < 1.29 is 4.79 Å². The lowest BCUT2D eigenvalue weighted by atomic mass is 10.1. The number of amides is 1. The minimum atomic E-state index is -0.0803. The Balaban J connectivity index is 1.69. The average molecular weight is 376 g/mol. The monoisotopic (exact) mass is 375 g/mol. The highest BCUT2D eigenvalue weighted by Gasteiger charge is 2.14. The standard InChI is InChI=1S/C18H22BrN3O/c1-2-21-13-14(19)12-17(21)18(23)20-15-6-8-16(9-7-15)22-10-4-3-5-11-22/h6-9,12-13H,2-5,10-11H2,1H3,(H,20,23). The average Bonchev–Trinajstić information content (AvgIpc) is 2.97. The molecule has 1 aromatic carbocycles. The van der Waals surface area contributed by atoms with Crippen LogP contribution < -0.4 is 10.2 Å². The lowest BCUT2D eigenvalue weighted by Gasteiger charge is -2.28. The van der Waals surface area contributed by atoms with Crippen LogP contribution in [0.15, 0.2) is 41.0 Å². The number of piperidine rings is 1. The predicted molar refractivity (Wildman–Crippen MR) is 98.3 cm³/mol. The number of carbonyl (C=O) groups is 1. The smallest absolute Gasteiger partial charge is 0.272 e. The van der Waals surface area contributed by atoms with Gasteiger partial charge >= 0.3 is 0 Å². The zero-order chi connectivity index (χ0) is 16.2. The van der Waals surface area contributed by atoms with Crippen molar-refractivity contribution in [2.75, 3.05) is 23.3 Å². The van der Waals surface area contributed by atoms with Crippen LogP contribution in [0, 0.1) is 0 Å². The molecule has 1 aliphatic rings. The van der Waals surface area contributed by atoms with Gasteiger partial charge in [-0.2, -0.15) is 0 Å². The maximum absolute atomic E-state index is 12.4. The Hall–Kier alpha value is -1.75. The Morgan fingerprint density at radius 2 is 1.87 bits per heavy atom. The van der Waals surface area contributed by atoms with Gasteiger partial charge in [0.1, 0.15) is 5.69 Å². The molecule has 0 aliphatic carbocycles. The molecule has 4 nitrogen and oxygen atoms in total. The largest absolute Gasteiger partial charge is 0.372 e. The first-order valence-corrected chi connectivity index (χ1v) is 8.98. The molecule has 5 heteroatoms. The van der Waals surface area contributed by atoms with Crippen LogP contribution in [0.25, 0.3) is 0 Å². The number of hydrogen-bond donors (Lipinski definition) is 1. The van der Waals surface area contributed by atoms with E-state index in [-0.39, 0.29) is 5.91 Å². The van der Waals surface area contributed by atoms with Gasteiger partial charge in [0, 0.05) is 41.7 Å². The van der Waals surface area contributed by atoms with Crippen molar-refractivity contribution >= 4 is 33.2 Å². The van der Waals surface area contributed by atoms with Gasteiger partial charge in [-0.05, 0) is 72.4 Å². The summed E-state index contributed by atoms with van der Waals surface area (Å²) in [7, 11) is 0. The third-order valence-electron chi connectivity index (χ3n) is 4.28. The fraction of sp³-hybridized carbons (Fsp3) is 0.389. The summed E-state index contributed by atoms with van der Waals surface area (Å²) in [6, 6.07) is 10.00. The van der Waals surface area contributed by atoms with Crippen LogP contribution in [0.2, 0.25) is 0 Å². The molecule has 2 heterocycles. The van der Waals surface area contributed by atoms with Crippen molar-refractivity contribution in [3.63, 3.8) is 0 Å². The number of nitrogens with zero attached hydrogens (tertiary/aromatic N) is 2. The second-order valence-corrected chi connectivity index (χ2v) is 6.79. The van der Waals surface area contributed by atoms with E-state index in [1.54, 1.807) is 0 Å². The number of nitrogens with one attached hydrogen (secondary N) is 1. The number of hydrogen-bond acceptors (Lipinski definition) is 2. The van der Waals surface area contributed by atoms with Gasteiger partial charge in [0.25, 0.3) is 5.91 Å². The number of aryl methyl sites for hydroxylation is 1. The van der Waals surface area contributed by atoms with Crippen LogP contribution >= 0.6 is 15.9 Å². The van der Waals surface area contributed by atoms with Crippen LogP contribution in [0.1, 0.15) is 36.7 Å². The Morgan fingerprint density at radius 1 is 1.17 bits per heavy atom. The fourth-order valence-corrected chi connectivity index (χ4v) is 3.49. The second kappa shape index (κ2) is 7.21. The van der Waals surface area contributed by atoms with Crippen molar-refractivity contribution in [2.24, 2.45) is 0 Å². The summed E-state index contributed by atoms with van der Waals surface area (Å²) in [5, 5.41) is 2.98. The van der Waals surface area contributed by atoms with Crippen molar-refractivity contribution in [3.05, 3.63) is 46.7 Å². The summed E-state index contributed by atoms with van der Waals surface area (Å²) in [6.07, 6.45) is 5.79. The first kappa shape index (κ1) is 16.1. The Bertz CT molecular complexity index is 672.